The average Bonchev–Trinajstić information content (AvgIpc) is 2.71. The van der Waals surface area contributed by atoms with Crippen molar-refractivity contribution in [3.05, 3.63) is 52.4 Å². The normalized spacial score (nSPS) is 11.9. The van der Waals surface area contributed by atoms with Gasteiger partial charge in [-0.15, -0.1) is 0 Å². The zero-order valence-corrected chi connectivity index (χ0v) is 20.3. The molecular formula is C22H27BrN6O3. The fourth-order valence-corrected chi connectivity index (χ4v) is 3.13. The van der Waals surface area contributed by atoms with Crippen molar-refractivity contribution in [3.63, 3.8) is 0 Å². The van der Waals surface area contributed by atoms with Gasteiger partial charge in [0.2, 0.25) is 5.82 Å². The zero-order valence-electron chi connectivity index (χ0n) is 18.7. The number of hydrazine groups is 1. The minimum atomic E-state index is -1.02. The molecule has 0 fully saturated rings. The quantitative estimate of drug-likeness (QED) is 0.551. The van der Waals surface area contributed by atoms with Gasteiger partial charge in [0, 0.05) is 12.7 Å². The van der Waals surface area contributed by atoms with Gasteiger partial charge in [0.25, 0.3) is 5.91 Å². The number of alkyl carbamates (subject to hydrolysis) is 1. The summed E-state index contributed by atoms with van der Waals surface area (Å²) in [6.45, 7) is 9.59. The van der Waals surface area contributed by atoms with Crippen LogP contribution in [0.5, 0.6) is 0 Å². The first-order chi connectivity index (χ1) is 15.0. The van der Waals surface area contributed by atoms with E-state index in [2.05, 4.69) is 36.6 Å². The predicted molar refractivity (Wildman–Crippen MR) is 123 cm³/mol. The molecule has 2 N–H and O–H groups in total. The first-order valence-electron chi connectivity index (χ1n) is 10.0. The molecule has 0 spiro atoms. The van der Waals surface area contributed by atoms with Gasteiger partial charge in [-0.25, -0.2) is 9.78 Å². The number of nitrogens with zero attached hydrogens (tertiary/aromatic N) is 4. The van der Waals surface area contributed by atoms with Crippen LogP contribution in [0.25, 0.3) is 0 Å². The van der Waals surface area contributed by atoms with E-state index < -0.39 is 23.6 Å². The van der Waals surface area contributed by atoms with Crippen molar-refractivity contribution in [2.45, 2.75) is 46.3 Å². The molecule has 0 aliphatic rings. The van der Waals surface area contributed by atoms with Crippen LogP contribution in [0.15, 0.2) is 41.0 Å². The van der Waals surface area contributed by atoms with E-state index in [1.165, 1.54) is 11.2 Å². The highest BCUT2D eigenvalue weighted by atomic mass is 79.9. The van der Waals surface area contributed by atoms with E-state index in [-0.39, 0.29) is 11.7 Å². The molecule has 32 heavy (non-hydrogen) atoms. The molecule has 2 rings (SSSR count). The SMILES string of the molecule is CC(C)CN(NC(=O)C(NC(=O)OC(C)(C)C)c1ccccc1)c1nc(C#N)ncc1Br. The third kappa shape index (κ3) is 7.50. The molecule has 1 aromatic heterocycles. The Hall–Kier alpha value is -3.19. The van der Waals surface area contributed by atoms with Crippen LogP contribution >= 0.6 is 15.9 Å². The van der Waals surface area contributed by atoms with Gasteiger partial charge in [-0.2, -0.15) is 10.2 Å². The lowest BCUT2D eigenvalue weighted by molar-refractivity contribution is -0.123. The van der Waals surface area contributed by atoms with E-state index in [1.807, 2.05) is 26.0 Å². The van der Waals surface area contributed by atoms with Crippen molar-refractivity contribution in [1.82, 2.24) is 20.7 Å². The molecule has 170 valence electrons. The van der Waals surface area contributed by atoms with Crippen LogP contribution in [-0.4, -0.2) is 34.1 Å². The number of aromatic nitrogens is 2. The molecule has 0 saturated heterocycles. The van der Waals surface area contributed by atoms with Gasteiger partial charge in [-0.05, 0) is 48.2 Å². The summed E-state index contributed by atoms with van der Waals surface area (Å²) in [5.41, 5.74) is 2.68. The number of rotatable bonds is 7. The molecule has 2 amide bonds. The summed E-state index contributed by atoms with van der Waals surface area (Å²) in [5, 5.41) is 13.3. The molecule has 1 heterocycles. The Morgan fingerprint density at radius 1 is 1.25 bits per heavy atom. The Labute approximate surface area is 196 Å². The Balaban J connectivity index is 2.36. The number of amides is 2. The number of hydrogen-bond acceptors (Lipinski definition) is 7. The number of hydrogen-bond donors (Lipinski definition) is 2. The van der Waals surface area contributed by atoms with Crippen LogP contribution in [0.4, 0.5) is 10.6 Å². The summed E-state index contributed by atoms with van der Waals surface area (Å²) in [5.74, 6) is -0.0382. The zero-order chi connectivity index (χ0) is 23.9. The van der Waals surface area contributed by atoms with Gasteiger partial charge in [0.1, 0.15) is 17.7 Å². The minimum Gasteiger partial charge on any atom is -0.444 e. The predicted octanol–water partition coefficient (Wildman–Crippen LogP) is 3.87. The smallest absolute Gasteiger partial charge is 0.408 e. The third-order valence-corrected chi connectivity index (χ3v) is 4.49. The van der Waals surface area contributed by atoms with Crippen LogP contribution in [0.3, 0.4) is 0 Å². The standard InChI is InChI=1S/C22H27BrN6O3/c1-14(2)13-29(19-16(23)12-25-17(11-24)26-19)28-20(30)18(15-9-7-6-8-10-15)27-21(31)32-22(3,4)5/h6-10,12,14,18H,13H2,1-5H3,(H,27,31)(H,28,30). The molecule has 1 unspecified atom stereocenters. The molecule has 0 saturated carbocycles. The van der Waals surface area contributed by atoms with Gasteiger partial charge in [-0.1, -0.05) is 44.2 Å². The number of anilines is 1. The first-order valence-corrected chi connectivity index (χ1v) is 10.8. The Morgan fingerprint density at radius 3 is 2.47 bits per heavy atom. The third-order valence-electron chi connectivity index (χ3n) is 3.93. The molecule has 0 aliphatic heterocycles. The summed E-state index contributed by atoms with van der Waals surface area (Å²) in [7, 11) is 0. The Bertz CT molecular complexity index is 985. The second kappa shape index (κ2) is 10.9. The molecule has 0 radical (unpaired) electrons. The van der Waals surface area contributed by atoms with Crippen LogP contribution in [0, 0.1) is 17.2 Å². The maximum Gasteiger partial charge on any atom is 0.408 e. The summed E-state index contributed by atoms with van der Waals surface area (Å²) >= 11 is 3.38. The number of carbonyl (C=O) groups excluding carboxylic acids is 2. The highest BCUT2D eigenvalue weighted by Crippen LogP contribution is 2.23. The van der Waals surface area contributed by atoms with Crippen LogP contribution in [0.2, 0.25) is 0 Å². The van der Waals surface area contributed by atoms with Crippen LogP contribution in [-0.2, 0) is 9.53 Å². The minimum absolute atomic E-state index is 0.0299. The van der Waals surface area contributed by atoms with Gasteiger partial charge < -0.3 is 10.1 Å². The molecule has 0 bridgehead atoms. The number of nitriles is 1. The monoisotopic (exact) mass is 502 g/mol. The summed E-state index contributed by atoms with van der Waals surface area (Å²) in [4.78, 5) is 33.9. The van der Waals surface area contributed by atoms with E-state index in [0.717, 1.165) is 0 Å². The van der Waals surface area contributed by atoms with Gasteiger partial charge in [0.05, 0.1) is 4.47 Å². The van der Waals surface area contributed by atoms with Crippen molar-refractivity contribution < 1.29 is 14.3 Å². The van der Waals surface area contributed by atoms with E-state index >= 15 is 0 Å². The van der Waals surface area contributed by atoms with E-state index in [4.69, 9.17) is 10.00 Å². The second-order valence-electron chi connectivity index (χ2n) is 8.45. The molecular weight excluding hydrogens is 476 g/mol. The van der Waals surface area contributed by atoms with Gasteiger partial charge in [0.15, 0.2) is 5.82 Å². The maximum absolute atomic E-state index is 13.3. The number of benzene rings is 1. The molecule has 2 aromatic rings. The topological polar surface area (TPSA) is 120 Å². The molecule has 1 atom stereocenters. The fourth-order valence-electron chi connectivity index (χ4n) is 2.72. The van der Waals surface area contributed by atoms with Crippen molar-refractivity contribution in [2.24, 2.45) is 5.92 Å². The van der Waals surface area contributed by atoms with E-state index in [9.17, 15) is 9.59 Å². The summed E-state index contributed by atoms with van der Waals surface area (Å²) < 4.78 is 5.84. The largest absolute Gasteiger partial charge is 0.444 e. The number of halogens is 1. The van der Waals surface area contributed by atoms with Crippen LogP contribution < -0.4 is 15.8 Å². The average molecular weight is 503 g/mol. The van der Waals surface area contributed by atoms with E-state index in [0.29, 0.717) is 22.4 Å². The highest BCUT2D eigenvalue weighted by Gasteiger charge is 2.28. The molecule has 1 aromatic carbocycles. The molecule has 9 nitrogen and oxygen atoms in total. The van der Waals surface area contributed by atoms with Crippen LogP contribution in [0.1, 0.15) is 52.0 Å². The molecule has 10 heteroatoms. The second-order valence-corrected chi connectivity index (χ2v) is 9.30. The Morgan fingerprint density at radius 2 is 1.91 bits per heavy atom. The number of nitrogens with one attached hydrogen (secondary N) is 2. The fraction of sp³-hybridized carbons (Fsp3) is 0.409. The highest BCUT2D eigenvalue weighted by molar-refractivity contribution is 9.10. The lowest BCUT2D eigenvalue weighted by atomic mass is 10.1. The van der Waals surface area contributed by atoms with Crippen molar-refractivity contribution in [1.29, 1.82) is 5.26 Å². The maximum atomic E-state index is 13.3. The van der Waals surface area contributed by atoms with Crippen molar-refractivity contribution in [3.8, 4) is 6.07 Å². The van der Waals surface area contributed by atoms with E-state index in [1.54, 1.807) is 45.0 Å². The number of carbonyl (C=O) groups is 2. The molecule has 0 aliphatic carbocycles. The Kier molecular flexibility index (Phi) is 8.55. The lowest BCUT2D eigenvalue weighted by Crippen LogP contribution is -2.50. The van der Waals surface area contributed by atoms with Crippen molar-refractivity contribution >= 4 is 33.7 Å². The van der Waals surface area contributed by atoms with Gasteiger partial charge in [-0.3, -0.25) is 15.2 Å². The first kappa shape index (κ1) is 25.1. The number of ether oxygens (including phenoxy) is 1. The lowest BCUT2D eigenvalue weighted by Gasteiger charge is -2.29. The van der Waals surface area contributed by atoms with Crippen molar-refractivity contribution in [2.75, 3.05) is 11.6 Å². The summed E-state index contributed by atoms with van der Waals surface area (Å²) in [6.07, 6.45) is 0.737. The summed E-state index contributed by atoms with van der Waals surface area (Å²) in [6, 6.07) is 9.73. The van der Waals surface area contributed by atoms with Gasteiger partial charge >= 0.3 is 6.09 Å².